The number of quaternary nitrogens is 1. The van der Waals surface area contributed by atoms with Crippen LogP contribution in [-0.4, -0.2) is 35.8 Å². The summed E-state index contributed by atoms with van der Waals surface area (Å²) < 4.78 is 13.4. The highest BCUT2D eigenvalue weighted by molar-refractivity contribution is 5.85. The molecule has 2 aliphatic heterocycles. The van der Waals surface area contributed by atoms with E-state index in [9.17, 15) is 0 Å². The molecule has 1 aliphatic carbocycles. The number of rotatable bonds is 6. The largest absolute Gasteiger partial charge is 1.00 e. The maximum absolute atomic E-state index is 6.91. The van der Waals surface area contributed by atoms with Crippen LogP contribution in [-0.2, 0) is 17.9 Å². The van der Waals surface area contributed by atoms with Crippen molar-refractivity contribution < 1.29 is 30.9 Å². The van der Waals surface area contributed by atoms with Crippen LogP contribution < -0.4 is 21.7 Å². The maximum atomic E-state index is 6.91. The Bertz CT molecular complexity index is 1210. The molecule has 3 aliphatic rings. The molecule has 0 amide bonds. The van der Waals surface area contributed by atoms with E-state index in [1.165, 1.54) is 45.8 Å². The number of halogens is 1. The lowest BCUT2D eigenvalue weighted by molar-refractivity contribution is -0.967. The average molecular weight is 537 g/mol. The van der Waals surface area contributed by atoms with Gasteiger partial charge in [-0.3, -0.25) is 0 Å². The van der Waals surface area contributed by atoms with Gasteiger partial charge in [-0.2, -0.15) is 0 Å². The molecule has 0 spiro atoms. The number of benzene rings is 3. The molecule has 6 atom stereocenters. The fraction of sp³-hybridized carbons (Fsp3) is 0.484. The fourth-order valence-corrected chi connectivity index (χ4v) is 8.64. The summed E-state index contributed by atoms with van der Waals surface area (Å²) in [5.41, 5.74) is 2.90. The number of nitrogens with zero attached hydrogens (tertiary/aromatic N) is 1. The Balaban J connectivity index is 0.00000253. The van der Waals surface area contributed by atoms with Crippen LogP contribution in [0.2, 0.25) is 0 Å². The molecular weight excluding hydrogens is 498 g/mol. The minimum absolute atomic E-state index is 0. The van der Waals surface area contributed by atoms with E-state index in [1.807, 2.05) is 12.1 Å². The highest BCUT2D eigenvalue weighted by atomic mass is 79.9. The van der Waals surface area contributed by atoms with Crippen LogP contribution in [0.15, 0.2) is 66.7 Å². The van der Waals surface area contributed by atoms with Gasteiger partial charge in [0.2, 0.25) is 0 Å². The SMILES string of the molecule is COc1ccc(CO[C@]2(C)C[N@+]3(Cc4cccc5ccccc45)C[C@@H](C)[C@@H]4CC[C@H]2[C@@]43C)cc1.[Br-]. The second kappa shape index (κ2) is 8.90. The van der Waals surface area contributed by atoms with E-state index in [4.69, 9.17) is 9.47 Å². The van der Waals surface area contributed by atoms with E-state index in [0.29, 0.717) is 12.5 Å². The number of hydrogen-bond acceptors (Lipinski definition) is 2. The first-order valence-electron chi connectivity index (χ1n) is 13.0. The first kappa shape index (κ1) is 24.8. The summed E-state index contributed by atoms with van der Waals surface area (Å²) in [6, 6.07) is 24.1. The molecule has 2 saturated heterocycles. The number of fused-ring (bicyclic) bond motifs is 1. The third-order valence-corrected chi connectivity index (χ3v) is 10.0. The fourth-order valence-electron chi connectivity index (χ4n) is 8.64. The van der Waals surface area contributed by atoms with Crippen molar-refractivity contribution in [3.8, 4) is 5.75 Å². The minimum atomic E-state index is -0.103. The summed E-state index contributed by atoms with van der Waals surface area (Å²) in [6.07, 6.45) is 2.64. The molecule has 0 unspecified atom stereocenters. The lowest BCUT2D eigenvalue weighted by Gasteiger charge is -2.44. The van der Waals surface area contributed by atoms with Gasteiger partial charge in [0.15, 0.2) is 0 Å². The highest BCUT2D eigenvalue weighted by Gasteiger charge is 2.76. The van der Waals surface area contributed by atoms with Crippen molar-refractivity contribution in [3.63, 3.8) is 0 Å². The van der Waals surface area contributed by atoms with Crippen molar-refractivity contribution in [2.45, 2.75) is 57.9 Å². The molecule has 2 heterocycles. The van der Waals surface area contributed by atoms with Crippen molar-refractivity contribution in [2.75, 3.05) is 20.2 Å². The molecule has 0 N–H and O–H groups in total. The van der Waals surface area contributed by atoms with Gasteiger partial charge in [-0.15, -0.1) is 0 Å². The first-order valence-corrected chi connectivity index (χ1v) is 13.0. The molecule has 1 saturated carbocycles. The highest BCUT2D eigenvalue weighted by Crippen LogP contribution is 2.65. The molecule has 3 fully saturated rings. The quantitative estimate of drug-likeness (QED) is 0.449. The number of hydrogen-bond donors (Lipinski definition) is 0. The summed E-state index contributed by atoms with van der Waals surface area (Å²) in [6.45, 7) is 11.7. The minimum Gasteiger partial charge on any atom is -1.00 e. The molecule has 3 nitrogen and oxygen atoms in total. The van der Waals surface area contributed by atoms with Gasteiger partial charge in [0.25, 0.3) is 0 Å². The van der Waals surface area contributed by atoms with Gasteiger partial charge >= 0.3 is 0 Å². The molecule has 4 heteroatoms. The smallest absolute Gasteiger partial charge is 0.123 e. The first-order chi connectivity index (χ1) is 16.4. The van der Waals surface area contributed by atoms with Crippen LogP contribution in [0.25, 0.3) is 10.8 Å². The zero-order valence-corrected chi connectivity index (χ0v) is 23.1. The summed E-state index contributed by atoms with van der Waals surface area (Å²) in [5.74, 6) is 3.06. The number of ether oxygens (including phenoxy) is 2. The van der Waals surface area contributed by atoms with E-state index in [0.717, 1.165) is 30.7 Å². The van der Waals surface area contributed by atoms with Crippen LogP contribution in [0.1, 0.15) is 44.7 Å². The van der Waals surface area contributed by atoms with Crippen LogP contribution in [0.4, 0.5) is 0 Å². The zero-order valence-electron chi connectivity index (χ0n) is 21.5. The summed E-state index contributed by atoms with van der Waals surface area (Å²) >= 11 is 0. The van der Waals surface area contributed by atoms with Gasteiger partial charge in [0.1, 0.15) is 30.0 Å². The van der Waals surface area contributed by atoms with Crippen LogP contribution in [0.5, 0.6) is 5.75 Å². The molecule has 3 aromatic rings. The lowest BCUT2D eigenvalue weighted by atomic mass is 9.76. The van der Waals surface area contributed by atoms with Crippen LogP contribution in [0.3, 0.4) is 0 Å². The zero-order chi connectivity index (χ0) is 23.6. The van der Waals surface area contributed by atoms with Gasteiger partial charge in [-0.1, -0.05) is 61.5 Å². The molecule has 35 heavy (non-hydrogen) atoms. The van der Waals surface area contributed by atoms with Crippen molar-refractivity contribution in [2.24, 2.45) is 17.8 Å². The Labute approximate surface area is 220 Å². The summed E-state index contributed by atoms with van der Waals surface area (Å²) in [5, 5.41) is 2.77. The Kier molecular flexibility index (Phi) is 6.31. The molecule has 0 bridgehead atoms. The van der Waals surface area contributed by atoms with Gasteiger partial charge in [-0.25, -0.2) is 0 Å². The Morgan fingerprint density at radius 2 is 1.69 bits per heavy atom. The molecular formula is C31H38BrNO2. The maximum Gasteiger partial charge on any atom is 0.123 e. The van der Waals surface area contributed by atoms with Gasteiger partial charge in [0.05, 0.1) is 20.3 Å². The summed E-state index contributed by atoms with van der Waals surface area (Å²) in [4.78, 5) is 0. The molecule has 0 aromatic heterocycles. The predicted octanol–water partition coefficient (Wildman–Crippen LogP) is 3.59. The molecule has 3 aromatic carbocycles. The lowest BCUT2D eigenvalue weighted by Crippen LogP contribution is -3.00. The van der Waals surface area contributed by atoms with Crippen molar-refractivity contribution >= 4 is 10.8 Å². The van der Waals surface area contributed by atoms with Gasteiger partial charge in [0, 0.05) is 23.3 Å². The Morgan fingerprint density at radius 3 is 2.46 bits per heavy atom. The van der Waals surface area contributed by atoms with E-state index in [-0.39, 0.29) is 28.1 Å². The molecule has 6 rings (SSSR count). The third-order valence-electron chi connectivity index (χ3n) is 10.0. The standard InChI is InChI=1S/C31H38NO2.BrH/c1-22-18-32(19-25-10-7-9-24-8-5-6-11-27(24)25)21-30(2,29-17-16-28(22)31(29,32)3)34-20-23-12-14-26(33-4)15-13-23;/h5-15,22,28-29H,16-21H2,1-4H3;1H/q+1;/p-1/t22-,28+,29-,30-,31-,32-;/m1./s1. The predicted molar refractivity (Wildman–Crippen MR) is 138 cm³/mol. The Morgan fingerprint density at radius 1 is 0.943 bits per heavy atom. The second-order valence-corrected chi connectivity index (χ2v) is 11.7. The Hall–Kier alpha value is -1.88. The van der Waals surface area contributed by atoms with Crippen molar-refractivity contribution in [1.82, 2.24) is 0 Å². The molecule has 186 valence electrons. The van der Waals surface area contributed by atoms with E-state index < -0.39 is 0 Å². The van der Waals surface area contributed by atoms with E-state index >= 15 is 0 Å². The van der Waals surface area contributed by atoms with Crippen molar-refractivity contribution in [1.29, 1.82) is 0 Å². The topological polar surface area (TPSA) is 18.5 Å². The third kappa shape index (κ3) is 3.67. The van der Waals surface area contributed by atoms with Gasteiger partial charge in [-0.05, 0) is 55.2 Å². The van der Waals surface area contributed by atoms with Crippen LogP contribution >= 0.6 is 0 Å². The van der Waals surface area contributed by atoms with Crippen LogP contribution in [0, 0.1) is 17.8 Å². The number of methoxy groups -OCH3 is 1. The molecule has 0 radical (unpaired) electrons. The monoisotopic (exact) mass is 535 g/mol. The normalized spacial score (nSPS) is 35.1. The average Bonchev–Trinajstić information content (AvgIpc) is 3.38. The summed E-state index contributed by atoms with van der Waals surface area (Å²) in [7, 11) is 1.72. The van der Waals surface area contributed by atoms with E-state index in [1.54, 1.807) is 7.11 Å². The second-order valence-electron chi connectivity index (χ2n) is 11.7. The van der Waals surface area contributed by atoms with Crippen molar-refractivity contribution in [3.05, 3.63) is 77.9 Å². The van der Waals surface area contributed by atoms with Gasteiger partial charge < -0.3 is 30.9 Å². The van der Waals surface area contributed by atoms with E-state index in [2.05, 4.69) is 75.4 Å².